The number of ether oxygens (including phenoxy) is 3. The molecular formula is C61H116O5. The highest BCUT2D eigenvalue weighted by Gasteiger charge is 2.17. The van der Waals surface area contributed by atoms with Crippen LogP contribution in [-0.2, 0) is 23.8 Å². The smallest absolute Gasteiger partial charge is 0.306 e. The Labute approximate surface area is 413 Å². The summed E-state index contributed by atoms with van der Waals surface area (Å²) < 4.78 is 17.5. The number of unbranched alkanes of at least 4 members (excludes halogenated alkanes) is 41. The fourth-order valence-electron chi connectivity index (χ4n) is 8.97. The molecule has 390 valence electrons. The van der Waals surface area contributed by atoms with Crippen molar-refractivity contribution in [2.24, 2.45) is 0 Å². The van der Waals surface area contributed by atoms with Gasteiger partial charge in [-0.05, 0) is 70.6 Å². The number of hydrogen-bond acceptors (Lipinski definition) is 5. The Hall–Kier alpha value is -1.62. The zero-order valence-corrected chi connectivity index (χ0v) is 45.0. The highest BCUT2D eigenvalue weighted by Crippen LogP contribution is 2.16. The molecule has 0 heterocycles. The molecule has 0 aliphatic carbocycles. The van der Waals surface area contributed by atoms with Gasteiger partial charge in [-0.3, -0.25) is 9.59 Å². The molecule has 0 saturated carbocycles. The third-order valence-corrected chi connectivity index (χ3v) is 13.5. The largest absolute Gasteiger partial charge is 0.462 e. The first-order valence-electron chi connectivity index (χ1n) is 29.9. The van der Waals surface area contributed by atoms with Gasteiger partial charge in [0.15, 0.2) is 6.10 Å². The summed E-state index contributed by atoms with van der Waals surface area (Å²) in [6.07, 6.45) is 69.1. The lowest BCUT2D eigenvalue weighted by atomic mass is 10.0. The van der Waals surface area contributed by atoms with Gasteiger partial charge in [0, 0.05) is 19.4 Å². The highest BCUT2D eigenvalue weighted by molar-refractivity contribution is 5.70. The Morgan fingerprint density at radius 1 is 0.318 bits per heavy atom. The molecule has 0 aliphatic rings. The molecule has 1 unspecified atom stereocenters. The molecule has 0 bridgehead atoms. The van der Waals surface area contributed by atoms with Crippen molar-refractivity contribution in [3.63, 3.8) is 0 Å². The van der Waals surface area contributed by atoms with Crippen LogP contribution in [0.1, 0.15) is 329 Å². The van der Waals surface area contributed by atoms with E-state index >= 15 is 0 Å². The fourth-order valence-corrected chi connectivity index (χ4v) is 8.97. The second-order valence-electron chi connectivity index (χ2n) is 20.3. The normalized spacial score (nSPS) is 12.2. The van der Waals surface area contributed by atoms with Crippen molar-refractivity contribution in [3.8, 4) is 0 Å². The van der Waals surface area contributed by atoms with E-state index < -0.39 is 6.10 Å². The highest BCUT2D eigenvalue weighted by atomic mass is 16.6. The first-order chi connectivity index (χ1) is 32.6. The standard InChI is InChI=1S/C61H116O5/c1-4-7-10-13-16-19-22-25-28-30-31-33-34-36-39-42-45-48-51-54-60(62)65-58-59(57-64-56-53-50-47-44-41-38-27-24-21-18-15-12-9-6-3)66-61(63)55-52-49-46-43-40-37-35-32-29-26-23-20-17-14-11-8-5-2/h25-26,28-29,59H,4-24,27,30-58H2,1-3H3/b28-25-,29-26-. The van der Waals surface area contributed by atoms with Gasteiger partial charge in [0.2, 0.25) is 0 Å². The molecule has 0 aromatic carbocycles. The topological polar surface area (TPSA) is 61.8 Å². The summed E-state index contributed by atoms with van der Waals surface area (Å²) in [4.78, 5) is 25.5. The van der Waals surface area contributed by atoms with Crippen LogP contribution in [0, 0.1) is 0 Å². The lowest BCUT2D eigenvalue weighted by Gasteiger charge is -2.18. The maximum Gasteiger partial charge on any atom is 0.306 e. The second-order valence-corrected chi connectivity index (χ2v) is 20.3. The Bertz CT molecular complexity index is 1010. The Kier molecular flexibility index (Phi) is 56.3. The molecule has 0 fully saturated rings. The first-order valence-corrected chi connectivity index (χ1v) is 29.9. The van der Waals surface area contributed by atoms with E-state index in [-0.39, 0.29) is 18.5 Å². The quantitative estimate of drug-likeness (QED) is 0.0345. The van der Waals surface area contributed by atoms with Gasteiger partial charge >= 0.3 is 11.9 Å². The van der Waals surface area contributed by atoms with Crippen LogP contribution in [0.2, 0.25) is 0 Å². The summed E-state index contributed by atoms with van der Waals surface area (Å²) in [7, 11) is 0. The van der Waals surface area contributed by atoms with E-state index in [9.17, 15) is 9.59 Å². The van der Waals surface area contributed by atoms with Crippen LogP contribution in [0.25, 0.3) is 0 Å². The average molecular weight is 930 g/mol. The van der Waals surface area contributed by atoms with Crippen molar-refractivity contribution < 1.29 is 23.8 Å². The first kappa shape index (κ1) is 64.4. The van der Waals surface area contributed by atoms with E-state index in [4.69, 9.17) is 14.2 Å². The van der Waals surface area contributed by atoms with E-state index in [1.54, 1.807) is 0 Å². The minimum absolute atomic E-state index is 0.0897. The molecule has 0 aliphatic heterocycles. The Balaban J connectivity index is 4.21. The monoisotopic (exact) mass is 929 g/mol. The number of esters is 2. The molecule has 5 nitrogen and oxygen atoms in total. The van der Waals surface area contributed by atoms with E-state index in [0.29, 0.717) is 26.1 Å². The molecule has 66 heavy (non-hydrogen) atoms. The van der Waals surface area contributed by atoms with Crippen molar-refractivity contribution in [1.29, 1.82) is 0 Å². The Morgan fingerprint density at radius 2 is 0.591 bits per heavy atom. The van der Waals surface area contributed by atoms with Crippen LogP contribution < -0.4 is 0 Å². The molecule has 0 amide bonds. The molecule has 1 atom stereocenters. The van der Waals surface area contributed by atoms with Crippen molar-refractivity contribution in [2.45, 2.75) is 335 Å². The molecule has 0 radical (unpaired) electrons. The number of rotatable bonds is 56. The molecule has 0 spiro atoms. The van der Waals surface area contributed by atoms with Gasteiger partial charge in [-0.15, -0.1) is 0 Å². The summed E-state index contributed by atoms with van der Waals surface area (Å²) in [5.41, 5.74) is 0. The number of hydrogen-bond donors (Lipinski definition) is 0. The van der Waals surface area contributed by atoms with Gasteiger partial charge in [0.05, 0.1) is 6.61 Å². The predicted octanol–water partition coefficient (Wildman–Crippen LogP) is 20.4. The predicted molar refractivity (Wildman–Crippen MR) is 289 cm³/mol. The molecule has 0 saturated heterocycles. The zero-order chi connectivity index (χ0) is 47.7. The van der Waals surface area contributed by atoms with Gasteiger partial charge in [-0.25, -0.2) is 0 Å². The molecule has 0 rings (SSSR count). The van der Waals surface area contributed by atoms with Crippen LogP contribution in [0.15, 0.2) is 24.3 Å². The minimum Gasteiger partial charge on any atom is -0.462 e. The number of allylic oxidation sites excluding steroid dienone is 4. The lowest BCUT2D eigenvalue weighted by Crippen LogP contribution is -2.30. The summed E-state index contributed by atoms with van der Waals surface area (Å²) in [6, 6.07) is 0. The summed E-state index contributed by atoms with van der Waals surface area (Å²) in [5, 5.41) is 0. The summed E-state index contributed by atoms with van der Waals surface area (Å²) in [6.45, 7) is 7.89. The van der Waals surface area contributed by atoms with E-state index in [2.05, 4.69) is 45.1 Å². The lowest BCUT2D eigenvalue weighted by molar-refractivity contribution is -0.163. The molecule has 5 heteroatoms. The Morgan fingerprint density at radius 3 is 0.924 bits per heavy atom. The molecular weight excluding hydrogens is 813 g/mol. The summed E-state index contributed by atoms with van der Waals surface area (Å²) in [5.74, 6) is -0.382. The number of carbonyl (C=O) groups excluding carboxylic acids is 2. The van der Waals surface area contributed by atoms with Crippen LogP contribution in [-0.4, -0.2) is 37.9 Å². The van der Waals surface area contributed by atoms with Crippen molar-refractivity contribution in [2.75, 3.05) is 19.8 Å². The average Bonchev–Trinajstić information content (AvgIpc) is 3.32. The zero-order valence-electron chi connectivity index (χ0n) is 45.0. The van der Waals surface area contributed by atoms with Crippen molar-refractivity contribution in [3.05, 3.63) is 24.3 Å². The van der Waals surface area contributed by atoms with Gasteiger partial charge in [-0.2, -0.15) is 0 Å². The van der Waals surface area contributed by atoms with Gasteiger partial charge in [0.1, 0.15) is 6.61 Å². The van der Waals surface area contributed by atoms with Crippen molar-refractivity contribution in [1.82, 2.24) is 0 Å². The third-order valence-electron chi connectivity index (χ3n) is 13.5. The van der Waals surface area contributed by atoms with E-state index in [0.717, 1.165) is 32.1 Å². The maximum absolute atomic E-state index is 12.9. The summed E-state index contributed by atoms with van der Waals surface area (Å²) >= 11 is 0. The third kappa shape index (κ3) is 55.0. The molecule has 0 aromatic heterocycles. The van der Waals surface area contributed by atoms with Crippen LogP contribution in [0.4, 0.5) is 0 Å². The minimum atomic E-state index is -0.533. The SMILES string of the molecule is CCCCCCCC/C=C\CCCCCCCCCCCC(=O)OCC(COCCCCCCCCCCCCCCCC)OC(=O)CCCCCCCCC/C=C\CCCCCCCC. The maximum atomic E-state index is 12.9. The molecule has 0 aromatic rings. The number of carbonyl (C=O) groups is 2. The van der Waals surface area contributed by atoms with Crippen LogP contribution in [0.5, 0.6) is 0 Å². The van der Waals surface area contributed by atoms with Crippen LogP contribution in [0.3, 0.4) is 0 Å². The van der Waals surface area contributed by atoms with Crippen LogP contribution >= 0.6 is 0 Å². The fraction of sp³-hybridized carbons (Fsp3) is 0.902. The second kappa shape index (κ2) is 57.7. The van der Waals surface area contributed by atoms with E-state index in [1.807, 2.05) is 0 Å². The van der Waals surface area contributed by atoms with Gasteiger partial charge < -0.3 is 14.2 Å². The van der Waals surface area contributed by atoms with Gasteiger partial charge in [0.25, 0.3) is 0 Å². The van der Waals surface area contributed by atoms with Gasteiger partial charge in [-0.1, -0.05) is 270 Å². The van der Waals surface area contributed by atoms with E-state index in [1.165, 1.54) is 263 Å². The molecule has 0 N–H and O–H groups in total. The van der Waals surface area contributed by atoms with Crippen molar-refractivity contribution >= 4 is 11.9 Å².